The van der Waals surface area contributed by atoms with Crippen molar-refractivity contribution in [3.63, 3.8) is 0 Å². The van der Waals surface area contributed by atoms with Gasteiger partial charge in [-0.25, -0.2) is 0 Å². The molecule has 2 nitrogen and oxygen atoms in total. The van der Waals surface area contributed by atoms with Gasteiger partial charge in [0.1, 0.15) is 11.5 Å². The van der Waals surface area contributed by atoms with E-state index < -0.39 is 0 Å². The van der Waals surface area contributed by atoms with Crippen LogP contribution >= 0.6 is 0 Å². The molecule has 0 saturated heterocycles. The van der Waals surface area contributed by atoms with E-state index in [1.54, 1.807) is 0 Å². The predicted molar refractivity (Wildman–Crippen MR) is 66.2 cm³/mol. The quantitative estimate of drug-likeness (QED) is 0.785. The van der Waals surface area contributed by atoms with Crippen molar-refractivity contribution in [1.82, 2.24) is 0 Å². The van der Waals surface area contributed by atoms with Crippen LogP contribution in [0.15, 0.2) is 16.5 Å². The lowest BCUT2D eigenvalue weighted by atomic mass is 9.92. The lowest BCUT2D eigenvalue weighted by Crippen LogP contribution is -2.14. The number of furan rings is 1. The maximum atomic E-state index is 6.20. The fourth-order valence-electron chi connectivity index (χ4n) is 2.73. The predicted octanol–water partition coefficient (Wildman–Crippen LogP) is 3.95. The molecule has 2 heteroatoms. The molecule has 90 valence electrons. The van der Waals surface area contributed by atoms with Crippen LogP contribution in [0.4, 0.5) is 0 Å². The minimum Gasteiger partial charge on any atom is -0.465 e. The molecule has 1 fully saturated rings. The lowest BCUT2D eigenvalue weighted by molar-refractivity contribution is 0.354. The molecular weight excluding hydrogens is 198 g/mol. The first-order valence-electron chi connectivity index (χ1n) is 6.57. The number of nitrogens with two attached hydrogens (primary N) is 1. The second kappa shape index (κ2) is 5.53. The first-order chi connectivity index (χ1) is 7.75. The van der Waals surface area contributed by atoms with Crippen molar-refractivity contribution in [1.29, 1.82) is 0 Å². The van der Waals surface area contributed by atoms with Crippen LogP contribution in [-0.4, -0.2) is 0 Å². The Hall–Kier alpha value is -0.760. The molecule has 1 aromatic heterocycles. The van der Waals surface area contributed by atoms with Gasteiger partial charge in [0.25, 0.3) is 0 Å². The Balaban J connectivity index is 1.88. The summed E-state index contributed by atoms with van der Waals surface area (Å²) >= 11 is 0. The summed E-state index contributed by atoms with van der Waals surface area (Å²) in [6.07, 6.45) is 9.38. The van der Waals surface area contributed by atoms with Crippen molar-refractivity contribution in [2.45, 2.75) is 57.9 Å². The molecule has 0 aliphatic heterocycles. The van der Waals surface area contributed by atoms with Crippen molar-refractivity contribution in [3.05, 3.63) is 23.7 Å². The summed E-state index contributed by atoms with van der Waals surface area (Å²) < 4.78 is 5.59. The van der Waals surface area contributed by atoms with E-state index in [1.165, 1.54) is 38.5 Å². The van der Waals surface area contributed by atoms with E-state index in [0.29, 0.717) is 0 Å². The van der Waals surface area contributed by atoms with Crippen molar-refractivity contribution >= 4 is 0 Å². The first kappa shape index (κ1) is 11.7. The smallest absolute Gasteiger partial charge is 0.120 e. The Morgan fingerprint density at radius 1 is 1.25 bits per heavy atom. The third-order valence-corrected chi connectivity index (χ3v) is 3.69. The zero-order valence-electron chi connectivity index (χ0n) is 10.2. The van der Waals surface area contributed by atoms with Gasteiger partial charge in [0.05, 0.1) is 6.04 Å². The summed E-state index contributed by atoms with van der Waals surface area (Å²) in [6.45, 7) is 1.97. The molecule has 1 aromatic rings. The van der Waals surface area contributed by atoms with Gasteiger partial charge in [0.15, 0.2) is 0 Å². The SMILES string of the molecule is Cc1ccc(C(N)CC2CCCCCC2)o1. The highest BCUT2D eigenvalue weighted by Gasteiger charge is 2.18. The van der Waals surface area contributed by atoms with E-state index in [-0.39, 0.29) is 6.04 Å². The van der Waals surface area contributed by atoms with Crippen molar-refractivity contribution in [2.75, 3.05) is 0 Å². The zero-order valence-corrected chi connectivity index (χ0v) is 10.2. The molecule has 2 N–H and O–H groups in total. The highest BCUT2D eigenvalue weighted by atomic mass is 16.3. The summed E-state index contributed by atoms with van der Waals surface area (Å²) in [7, 11) is 0. The van der Waals surface area contributed by atoms with Gasteiger partial charge in [-0.05, 0) is 31.4 Å². The zero-order chi connectivity index (χ0) is 11.4. The molecule has 1 saturated carbocycles. The highest BCUT2D eigenvalue weighted by molar-refractivity contribution is 5.09. The molecule has 2 rings (SSSR count). The van der Waals surface area contributed by atoms with Crippen molar-refractivity contribution < 1.29 is 4.42 Å². The standard InChI is InChI=1S/C14H23NO/c1-11-8-9-14(16-11)13(15)10-12-6-4-2-3-5-7-12/h8-9,12-13H,2-7,10,15H2,1H3. The van der Waals surface area contributed by atoms with E-state index in [1.807, 2.05) is 19.1 Å². The van der Waals surface area contributed by atoms with Gasteiger partial charge >= 0.3 is 0 Å². The van der Waals surface area contributed by atoms with Crippen LogP contribution < -0.4 is 5.73 Å². The largest absolute Gasteiger partial charge is 0.465 e. The molecule has 0 radical (unpaired) electrons. The molecular formula is C14H23NO. The van der Waals surface area contributed by atoms with Crippen LogP contribution in [0, 0.1) is 12.8 Å². The van der Waals surface area contributed by atoms with Gasteiger partial charge in [-0.15, -0.1) is 0 Å². The third-order valence-electron chi connectivity index (χ3n) is 3.69. The molecule has 16 heavy (non-hydrogen) atoms. The van der Waals surface area contributed by atoms with Crippen LogP contribution in [0.25, 0.3) is 0 Å². The molecule has 1 atom stereocenters. The fraction of sp³-hybridized carbons (Fsp3) is 0.714. The normalized spacial score (nSPS) is 20.6. The first-order valence-corrected chi connectivity index (χ1v) is 6.57. The second-order valence-electron chi connectivity index (χ2n) is 5.15. The highest BCUT2D eigenvalue weighted by Crippen LogP contribution is 2.30. The molecule has 1 aliphatic rings. The summed E-state index contributed by atoms with van der Waals surface area (Å²) in [4.78, 5) is 0. The number of hydrogen-bond acceptors (Lipinski definition) is 2. The molecule has 0 bridgehead atoms. The Morgan fingerprint density at radius 3 is 2.50 bits per heavy atom. The van der Waals surface area contributed by atoms with Crippen LogP contribution in [0.3, 0.4) is 0 Å². The Bertz CT molecular complexity index is 310. The van der Waals surface area contributed by atoms with E-state index in [2.05, 4.69) is 0 Å². The van der Waals surface area contributed by atoms with Gasteiger partial charge in [-0.3, -0.25) is 0 Å². The van der Waals surface area contributed by atoms with Crippen LogP contribution in [0.5, 0.6) is 0 Å². The van der Waals surface area contributed by atoms with E-state index in [0.717, 1.165) is 23.9 Å². The van der Waals surface area contributed by atoms with Crippen LogP contribution in [0.2, 0.25) is 0 Å². The van der Waals surface area contributed by atoms with Gasteiger partial charge in [-0.1, -0.05) is 38.5 Å². The van der Waals surface area contributed by atoms with Gasteiger partial charge in [-0.2, -0.15) is 0 Å². The third kappa shape index (κ3) is 3.11. The topological polar surface area (TPSA) is 39.2 Å². The van der Waals surface area contributed by atoms with E-state index >= 15 is 0 Å². The molecule has 0 spiro atoms. The van der Waals surface area contributed by atoms with Crippen molar-refractivity contribution in [3.8, 4) is 0 Å². The Labute approximate surface area is 98.2 Å². The maximum absolute atomic E-state index is 6.20. The fourth-order valence-corrected chi connectivity index (χ4v) is 2.73. The van der Waals surface area contributed by atoms with Gasteiger partial charge < -0.3 is 10.2 Å². The number of hydrogen-bond donors (Lipinski definition) is 1. The molecule has 0 amide bonds. The van der Waals surface area contributed by atoms with Crippen molar-refractivity contribution in [2.24, 2.45) is 11.7 Å². The van der Waals surface area contributed by atoms with Gasteiger partial charge in [0, 0.05) is 0 Å². The minimum absolute atomic E-state index is 0.0943. The minimum atomic E-state index is 0.0943. The van der Waals surface area contributed by atoms with Gasteiger partial charge in [0.2, 0.25) is 0 Å². The molecule has 1 aliphatic carbocycles. The second-order valence-corrected chi connectivity index (χ2v) is 5.15. The number of aryl methyl sites for hydroxylation is 1. The lowest BCUT2D eigenvalue weighted by Gasteiger charge is -2.17. The average molecular weight is 221 g/mol. The summed E-state index contributed by atoms with van der Waals surface area (Å²) in [5.41, 5.74) is 6.20. The number of rotatable bonds is 3. The van der Waals surface area contributed by atoms with Crippen LogP contribution in [-0.2, 0) is 0 Å². The summed E-state index contributed by atoms with van der Waals surface area (Å²) in [5, 5.41) is 0. The van der Waals surface area contributed by atoms with Crippen LogP contribution in [0.1, 0.15) is 62.5 Å². The Kier molecular flexibility index (Phi) is 4.05. The average Bonchev–Trinajstić information content (AvgIpc) is 2.54. The molecule has 0 aromatic carbocycles. The van der Waals surface area contributed by atoms with E-state index in [4.69, 9.17) is 10.2 Å². The monoisotopic (exact) mass is 221 g/mol. The molecule has 1 unspecified atom stereocenters. The Morgan fingerprint density at radius 2 is 1.94 bits per heavy atom. The molecule has 1 heterocycles. The summed E-state index contributed by atoms with van der Waals surface area (Å²) in [5.74, 6) is 2.73. The maximum Gasteiger partial charge on any atom is 0.120 e. The summed E-state index contributed by atoms with van der Waals surface area (Å²) in [6, 6.07) is 4.12. The van der Waals surface area contributed by atoms with E-state index in [9.17, 15) is 0 Å².